The number of ether oxygens (including phenoxy) is 2. The lowest BCUT2D eigenvalue weighted by molar-refractivity contribution is -0.172. The third-order valence-corrected chi connectivity index (χ3v) is 3.72. The van der Waals surface area contributed by atoms with E-state index in [2.05, 4.69) is 0 Å². The average molecular weight is 257 g/mol. The zero-order valence-electron chi connectivity index (χ0n) is 11.4. The van der Waals surface area contributed by atoms with Crippen molar-refractivity contribution in [2.75, 3.05) is 19.8 Å². The Balaban J connectivity index is 2.96. The van der Waals surface area contributed by atoms with Gasteiger partial charge in [-0.25, -0.2) is 0 Å². The maximum Gasteiger partial charge on any atom is 0.323 e. The minimum atomic E-state index is -1.14. The first-order chi connectivity index (χ1) is 8.51. The van der Waals surface area contributed by atoms with Gasteiger partial charge in [-0.2, -0.15) is 0 Å². The summed E-state index contributed by atoms with van der Waals surface area (Å²) in [5.41, 5.74) is 4.55. The highest BCUT2D eigenvalue weighted by Gasteiger charge is 2.56. The Bertz CT molecular complexity index is 298. The van der Waals surface area contributed by atoms with Crippen LogP contribution in [0.25, 0.3) is 0 Å². The Kier molecular flexibility index (Phi) is 5.14. The lowest BCUT2D eigenvalue weighted by atomic mass is 9.85. The molecule has 5 nitrogen and oxygen atoms in total. The maximum atomic E-state index is 12.1. The van der Waals surface area contributed by atoms with Crippen molar-refractivity contribution < 1.29 is 19.1 Å². The van der Waals surface area contributed by atoms with Crippen LogP contribution >= 0.6 is 0 Å². The van der Waals surface area contributed by atoms with Crippen LogP contribution in [0, 0.1) is 17.3 Å². The molecule has 104 valence electrons. The van der Waals surface area contributed by atoms with Gasteiger partial charge in [0.05, 0.1) is 13.2 Å². The Morgan fingerprint density at radius 1 is 1.17 bits per heavy atom. The van der Waals surface area contributed by atoms with Crippen molar-refractivity contribution in [3.05, 3.63) is 0 Å². The normalized spacial score (nSPS) is 25.8. The molecule has 0 spiro atoms. The molecule has 0 heterocycles. The molecular weight excluding hydrogens is 234 g/mol. The van der Waals surface area contributed by atoms with Gasteiger partial charge in [0.15, 0.2) is 5.41 Å². The van der Waals surface area contributed by atoms with Crippen LogP contribution in [0.1, 0.15) is 33.6 Å². The van der Waals surface area contributed by atoms with Crippen molar-refractivity contribution in [3.63, 3.8) is 0 Å². The van der Waals surface area contributed by atoms with Gasteiger partial charge in [-0.3, -0.25) is 9.59 Å². The number of esters is 2. The molecule has 18 heavy (non-hydrogen) atoms. The fourth-order valence-electron chi connectivity index (χ4n) is 2.72. The van der Waals surface area contributed by atoms with Crippen molar-refractivity contribution >= 4 is 11.9 Å². The summed E-state index contributed by atoms with van der Waals surface area (Å²) in [6.45, 7) is 6.48. The van der Waals surface area contributed by atoms with E-state index in [0.717, 1.165) is 0 Å². The molecule has 2 atom stereocenters. The number of hydrogen-bond acceptors (Lipinski definition) is 5. The van der Waals surface area contributed by atoms with E-state index >= 15 is 0 Å². The number of carbonyl (C=O) groups is 2. The topological polar surface area (TPSA) is 78.6 Å². The zero-order chi connectivity index (χ0) is 13.8. The van der Waals surface area contributed by atoms with Gasteiger partial charge in [0.1, 0.15) is 0 Å². The Labute approximate surface area is 108 Å². The monoisotopic (exact) mass is 257 g/mol. The van der Waals surface area contributed by atoms with E-state index in [4.69, 9.17) is 15.2 Å². The molecular formula is C13H23NO4. The molecule has 0 bridgehead atoms. The van der Waals surface area contributed by atoms with Crippen LogP contribution in [0.3, 0.4) is 0 Å². The fourth-order valence-corrected chi connectivity index (χ4v) is 2.72. The molecule has 0 saturated heterocycles. The second kappa shape index (κ2) is 6.18. The third-order valence-electron chi connectivity index (χ3n) is 3.72. The molecule has 0 aromatic carbocycles. The number of carbonyl (C=O) groups excluding carboxylic acids is 2. The van der Waals surface area contributed by atoms with Crippen LogP contribution in [0.15, 0.2) is 0 Å². The summed E-state index contributed by atoms with van der Waals surface area (Å²) >= 11 is 0. The molecule has 1 aliphatic carbocycles. The SMILES string of the molecule is CCOC(=O)C1(C(=O)OCC)C[C@@H](CN)[C@@H](C)C1. The number of hydrogen-bond donors (Lipinski definition) is 1. The molecule has 1 rings (SSSR count). The van der Waals surface area contributed by atoms with Crippen molar-refractivity contribution in [1.82, 2.24) is 0 Å². The minimum absolute atomic E-state index is 0.166. The minimum Gasteiger partial charge on any atom is -0.465 e. The molecule has 0 aromatic rings. The number of rotatable bonds is 5. The van der Waals surface area contributed by atoms with E-state index in [1.165, 1.54) is 0 Å². The van der Waals surface area contributed by atoms with Crippen LogP contribution < -0.4 is 5.73 Å². The van der Waals surface area contributed by atoms with E-state index < -0.39 is 17.4 Å². The Morgan fingerprint density at radius 3 is 2.00 bits per heavy atom. The standard InChI is InChI=1S/C13H23NO4/c1-4-17-11(15)13(12(16)18-5-2)6-9(3)10(7-13)8-14/h9-10H,4-8,14H2,1-3H3/t9-,10-/m0/s1. The summed E-state index contributed by atoms with van der Waals surface area (Å²) in [6.07, 6.45) is 0.898. The van der Waals surface area contributed by atoms with E-state index in [1.54, 1.807) is 13.8 Å². The molecule has 1 saturated carbocycles. The van der Waals surface area contributed by atoms with Gasteiger partial charge in [0.2, 0.25) is 0 Å². The van der Waals surface area contributed by atoms with E-state index in [9.17, 15) is 9.59 Å². The molecule has 0 unspecified atom stereocenters. The van der Waals surface area contributed by atoms with Gasteiger partial charge in [-0.05, 0) is 45.1 Å². The van der Waals surface area contributed by atoms with Gasteiger partial charge in [-0.15, -0.1) is 0 Å². The van der Waals surface area contributed by atoms with E-state index in [1.807, 2.05) is 6.92 Å². The van der Waals surface area contributed by atoms with Crippen LogP contribution in [-0.2, 0) is 19.1 Å². The van der Waals surface area contributed by atoms with Gasteiger partial charge in [-0.1, -0.05) is 6.92 Å². The second-order valence-corrected chi connectivity index (χ2v) is 4.90. The smallest absolute Gasteiger partial charge is 0.323 e. The summed E-state index contributed by atoms with van der Waals surface area (Å²) in [5.74, 6) is -0.542. The molecule has 5 heteroatoms. The third kappa shape index (κ3) is 2.66. The molecule has 0 aliphatic heterocycles. The summed E-state index contributed by atoms with van der Waals surface area (Å²) in [7, 11) is 0. The van der Waals surface area contributed by atoms with Gasteiger partial charge in [0, 0.05) is 0 Å². The highest BCUT2D eigenvalue weighted by molar-refractivity contribution is 6.00. The molecule has 1 fully saturated rings. The van der Waals surface area contributed by atoms with Crippen LogP contribution in [0.2, 0.25) is 0 Å². The quantitative estimate of drug-likeness (QED) is 0.589. The van der Waals surface area contributed by atoms with Gasteiger partial charge < -0.3 is 15.2 Å². The average Bonchev–Trinajstić information content (AvgIpc) is 2.68. The van der Waals surface area contributed by atoms with Crippen LogP contribution in [0.4, 0.5) is 0 Å². The predicted molar refractivity (Wildman–Crippen MR) is 66.6 cm³/mol. The highest BCUT2D eigenvalue weighted by atomic mass is 16.6. The first kappa shape index (κ1) is 15.0. The van der Waals surface area contributed by atoms with E-state index in [-0.39, 0.29) is 25.0 Å². The maximum absolute atomic E-state index is 12.1. The van der Waals surface area contributed by atoms with Crippen molar-refractivity contribution in [3.8, 4) is 0 Å². The zero-order valence-corrected chi connectivity index (χ0v) is 11.4. The van der Waals surface area contributed by atoms with Crippen molar-refractivity contribution in [2.45, 2.75) is 33.6 Å². The van der Waals surface area contributed by atoms with Crippen molar-refractivity contribution in [1.29, 1.82) is 0 Å². The highest BCUT2D eigenvalue weighted by Crippen LogP contribution is 2.47. The lowest BCUT2D eigenvalue weighted by Crippen LogP contribution is -2.40. The fraction of sp³-hybridized carbons (Fsp3) is 0.846. The van der Waals surface area contributed by atoms with Crippen LogP contribution in [0.5, 0.6) is 0 Å². The predicted octanol–water partition coefficient (Wildman–Crippen LogP) is 1.10. The molecule has 2 N–H and O–H groups in total. The van der Waals surface area contributed by atoms with Crippen LogP contribution in [-0.4, -0.2) is 31.7 Å². The Hall–Kier alpha value is -1.10. The first-order valence-electron chi connectivity index (χ1n) is 6.56. The lowest BCUT2D eigenvalue weighted by Gasteiger charge is -2.24. The molecule has 0 aromatic heterocycles. The first-order valence-corrected chi connectivity index (χ1v) is 6.56. The van der Waals surface area contributed by atoms with Gasteiger partial charge in [0.25, 0.3) is 0 Å². The van der Waals surface area contributed by atoms with Gasteiger partial charge >= 0.3 is 11.9 Å². The summed E-state index contributed by atoms with van der Waals surface area (Å²) in [4.78, 5) is 24.3. The molecule has 0 radical (unpaired) electrons. The second-order valence-electron chi connectivity index (χ2n) is 4.90. The van der Waals surface area contributed by atoms with E-state index in [0.29, 0.717) is 19.4 Å². The largest absolute Gasteiger partial charge is 0.465 e. The molecule has 1 aliphatic rings. The Morgan fingerprint density at radius 2 is 1.67 bits per heavy atom. The number of nitrogens with two attached hydrogens (primary N) is 1. The summed E-state index contributed by atoms with van der Waals surface area (Å²) in [6, 6.07) is 0. The summed E-state index contributed by atoms with van der Waals surface area (Å²) in [5, 5.41) is 0. The van der Waals surface area contributed by atoms with Crippen molar-refractivity contribution in [2.24, 2.45) is 23.0 Å². The summed E-state index contributed by atoms with van der Waals surface area (Å²) < 4.78 is 10.1. The molecule has 0 amide bonds.